The van der Waals surface area contributed by atoms with Crippen molar-refractivity contribution in [3.63, 3.8) is 0 Å². The summed E-state index contributed by atoms with van der Waals surface area (Å²) in [5.74, 6) is 0.532. The van der Waals surface area contributed by atoms with Crippen LogP contribution in [0.1, 0.15) is 32.6 Å². The van der Waals surface area contributed by atoms with Crippen LogP contribution in [0.25, 0.3) is 0 Å². The topological polar surface area (TPSA) is 40.5 Å². The van der Waals surface area contributed by atoms with Crippen molar-refractivity contribution >= 4 is 21.8 Å². The molecular weight excluding hydrogens is 258 g/mol. The van der Waals surface area contributed by atoms with Crippen molar-refractivity contribution in [1.82, 2.24) is 4.90 Å². The van der Waals surface area contributed by atoms with E-state index in [1.807, 2.05) is 11.8 Å². The summed E-state index contributed by atoms with van der Waals surface area (Å²) in [6.45, 7) is 3.37. The Kier molecular flexibility index (Phi) is 5.61. The SMILES string of the molecule is CC(O)C1CCN(C(=O)CCCCBr)C1. The fraction of sp³-hybridized carbons (Fsp3) is 0.909. The van der Waals surface area contributed by atoms with Gasteiger partial charge < -0.3 is 10.0 Å². The molecule has 1 N–H and O–H groups in total. The van der Waals surface area contributed by atoms with E-state index in [0.29, 0.717) is 6.42 Å². The van der Waals surface area contributed by atoms with E-state index in [1.54, 1.807) is 0 Å². The largest absolute Gasteiger partial charge is 0.393 e. The minimum absolute atomic E-state index is 0.249. The Labute approximate surface area is 100.0 Å². The predicted molar refractivity (Wildman–Crippen MR) is 64.0 cm³/mol. The van der Waals surface area contributed by atoms with Gasteiger partial charge in [0.1, 0.15) is 0 Å². The smallest absolute Gasteiger partial charge is 0.222 e. The molecule has 2 atom stereocenters. The highest BCUT2D eigenvalue weighted by molar-refractivity contribution is 9.09. The molecule has 1 aliphatic heterocycles. The highest BCUT2D eigenvalue weighted by atomic mass is 79.9. The summed E-state index contributed by atoms with van der Waals surface area (Å²) >= 11 is 3.35. The molecule has 3 nitrogen and oxygen atoms in total. The Morgan fingerprint density at radius 3 is 2.87 bits per heavy atom. The third kappa shape index (κ3) is 4.11. The molecular formula is C11H20BrNO2. The van der Waals surface area contributed by atoms with Gasteiger partial charge in [-0.15, -0.1) is 0 Å². The molecule has 0 aromatic carbocycles. The first-order chi connectivity index (χ1) is 7.15. The Bertz CT molecular complexity index is 209. The van der Waals surface area contributed by atoms with Gasteiger partial charge in [0.05, 0.1) is 6.10 Å². The van der Waals surface area contributed by atoms with Crippen molar-refractivity contribution in [2.45, 2.75) is 38.7 Å². The Morgan fingerprint density at radius 1 is 1.60 bits per heavy atom. The van der Waals surface area contributed by atoms with Gasteiger partial charge in [0.15, 0.2) is 0 Å². The van der Waals surface area contributed by atoms with Crippen molar-refractivity contribution in [3.8, 4) is 0 Å². The zero-order valence-electron chi connectivity index (χ0n) is 9.29. The van der Waals surface area contributed by atoms with E-state index in [2.05, 4.69) is 15.9 Å². The number of likely N-dealkylation sites (tertiary alicyclic amines) is 1. The zero-order chi connectivity index (χ0) is 11.3. The van der Waals surface area contributed by atoms with Crippen molar-refractivity contribution in [2.24, 2.45) is 5.92 Å². The van der Waals surface area contributed by atoms with Crippen molar-refractivity contribution in [1.29, 1.82) is 0 Å². The maximum atomic E-state index is 11.7. The van der Waals surface area contributed by atoms with Crippen molar-refractivity contribution < 1.29 is 9.90 Å². The number of unbranched alkanes of at least 4 members (excludes halogenated alkanes) is 1. The van der Waals surface area contributed by atoms with Gasteiger partial charge in [-0.1, -0.05) is 15.9 Å². The molecule has 1 saturated heterocycles. The van der Waals surface area contributed by atoms with Crippen LogP contribution in [0.3, 0.4) is 0 Å². The van der Waals surface area contributed by atoms with E-state index >= 15 is 0 Å². The number of halogens is 1. The number of rotatable bonds is 5. The third-order valence-corrected chi connectivity index (χ3v) is 3.59. The predicted octanol–water partition coefficient (Wildman–Crippen LogP) is 1.78. The number of alkyl halides is 1. The van der Waals surface area contributed by atoms with Crippen molar-refractivity contribution in [3.05, 3.63) is 0 Å². The van der Waals surface area contributed by atoms with Crippen LogP contribution < -0.4 is 0 Å². The van der Waals surface area contributed by atoms with Crippen LogP contribution in [0.4, 0.5) is 0 Å². The van der Waals surface area contributed by atoms with Gasteiger partial charge >= 0.3 is 0 Å². The molecule has 1 aliphatic rings. The van der Waals surface area contributed by atoms with Gasteiger partial charge in [0.2, 0.25) is 5.91 Å². The lowest BCUT2D eigenvalue weighted by Crippen LogP contribution is -2.30. The molecule has 88 valence electrons. The second-order valence-corrected chi connectivity index (χ2v) is 5.07. The summed E-state index contributed by atoms with van der Waals surface area (Å²) < 4.78 is 0. The maximum absolute atomic E-state index is 11.7. The molecule has 0 spiro atoms. The number of carbonyl (C=O) groups excluding carboxylic acids is 1. The van der Waals surface area contributed by atoms with E-state index in [-0.39, 0.29) is 17.9 Å². The molecule has 1 fully saturated rings. The molecule has 0 aromatic rings. The lowest BCUT2D eigenvalue weighted by atomic mass is 10.0. The van der Waals surface area contributed by atoms with Crippen LogP contribution in [0.15, 0.2) is 0 Å². The number of carbonyl (C=O) groups is 1. The number of hydrogen-bond acceptors (Lipinski definition) is 2. The minimum atomic E-state index is -0.287. The van der Waals surface area contributed by atoms with E-state index in [9.17, 15) is 9.90 Å². The maximum Gasteiger partial charge on any atom is 0.222 e. The Hall–Kier alpha value is -0.0900. The number of nitrogens with zero attached hydrogens (tertiary/aromatic N) is 1. The van der Waals surface area contributed by atoms with Gasteiger partial charge in [0.25, 0.3) is 0 Å². The summed E-state index contributed by atoms with van der Waals surface area (Å²) in [5.41, 5.74) is 0. The van der Waals surface area contributed by atoms with Crippen LogP contribution in [0.5, 0.6) is 0 Å². The van der Waals surface area contributed by atoms with Gasteiger partial charge in [-0.3, -0.25) is 4.79 Å². The fourth-order valence-electron chi connectivity index (χ4n) is 1.94. The van der Waals surface area contributed by atoms with Gasteiger partial charge in [-0.25, -0.2) is 0 Å². The first-order valence-corrected chi connectivity index (χ1v) is 6.79. The second kappa shape index (κ2) is 6.48. The van der Waals surface area contributed by atoms with Crippen LogP contribution in [-0.2, 0) is 4.79 Å². The first kappa shape index (κ1) is 13.0. The fourth-order valence-corrected chi connectivity index (χ4v) is 2.33. The average molecular weight is 278 g/mol. The molecule has 15 heavy (non-hydrogen) atoms. The number of amides is 1. The number of aliphatic hydroxyl groups is 1. The summed E-state index contributed by atoms with van der Waals surface area (Å²) in [6, 6.07) is 0. The normalized spacial score (nSPS) is 23.1. The quantitative estimate of drug-likeness (QED) is 0.615. The molecule has 0 saturated carbocycles. The summed E-state index contributed by atoms with van der Waals surface area (Å²) in [7, 11) is 0. The molecule has 1 rings (SSSR count). The molecule has 0 aliphatic carbocycles. The van der Waals surface area contributed by atoms with E-state index in [1.165, 1.54) is 0 Å². The molecule has 0 bridgehead atoms. The lowest BCUT2D eigenvalue weighted by Gasteiger charge is -2.17. The number of aliphatic hydroxyl groups excluding tert-OH is 1. The van der Waals surface area contributed by atoms with Gasteiger partial charge in [-0.2, -0.15) is 0 Å². The summed E-state index contributed by atoms with van der Waals surface area (Å²) in [5, 5.41) is 10.4. The Morgan fingerprint density at radius 2 is 2.33 bits per heavy atom. The van der Waals surface area contributed by atoms with E-state index in [4.69, 9.17) is 0 Å². The highest BCUT2D eigenvalue weighted by Gasteiger charge is 2.28. The van der Waals surface area contributed by atoms with Crippen molar-refractivity contribution in [2.75, 3.05) is 18.4 Å². The molecule has 1 heterocycles. The first-order valence-electron chi connectivity index (χ1n) is 5.67. The van der Waals surface area contributed by atoms with Gasteiger partial charge in [-0.05, 0) is 26.2 Å². The van der Waals surface area contributed by atoms with Gasteiger partial charge in [0, 0.05) is 30.8 Å². The van der Waals surface area contributed by atoms with E-state index in [0.717, 1.165) is 37.7 Å². The minimum Gasteiger partial charge on any atom is -0.393 e. The van der Waals surface area contributed by atoms with Crippen LogP contribution >= 0.6 is 15.9 Å². The second-order valence-electron chi connectivity index (χ2n) is 4.28. The average Bonchev–Trinajstić information content (AvgIpc) is 2.66. The molecule has 0 aromatic heterocycles. The summed E-state index contributed by atoms with van der Waals surface area (Å²) in [4.78, 5) is 13.6. The Balaban J connectivity index is 2.24. The molecule has 2 unspecified atom stereocenters. The van der Waals surface area contributed by atoms with E-state index < -0.39 is 0 Å². The standard InChI is InChI=1S/C11H20BrNO2/c1-9(14)10-5-7-13(8-10)11(15)4-2-3-6-12/h9-10,14H,2-8H2,1H3. The van der Waals surface area contributed by atoms with Crippen LogP contribution in [0, 0.1) is 5.92 Å². The van der Waals surface area contributed by atoms with Crippen LogP contribution in [-0.4, -0.2) is 40.4 Å². The highest BCUT2D eigenvalue weighted by Crippen LogP contribution is 2.20. The monoisotopic (exact) mass is 277 g/mol. The third-order valence-electron chi connectivity index (χ3n) is 3.03. The zero-order valence-corrected chi connectivity index (χ0v) is 10.9. The molecule has 0 radical (unpaired) electrons. The summed E-state index contributed by atoms with van der Waals surface area (Å²) in [6.07, 6.45) is 3.32. The lowest BCUT2D eigenvalue weighted by molar-refractivity contribution is -0.130. The number of hydrogen-bond donors (Lipinski definition) is 1. The molecule has 4 heteroatoms. The molecule has 1 amide bonds. The van der Waals surface area contributed by atoms with Crippen LogP contribution in [0.2, 0.25) is 0 Å².